The normalized spacial score (nSPS) is 19.0. The van der Waals surface area contributed by atoms with E-state index in [1.807, 2.05) is 11.8 Å². The number of amides is 1. The number of rotatable bonds is 5. The van der Waals surface area contributed by atoms with Crippen molar-refractivity contribution in [3.05, 3.63) is 12.0 Å². The van der Waals surface area contributed by atoms with Crippen molar-refractivity contribution in [2.45, 2.75) is 45.6 Å². The molecule has 2 fully saturated rings. The summed E-state index contributed by atoms with van der Waals surface area (Å²) in [4.78, 5) is 23.0. The molecular weight excluding hydrogens is 348 g/mol. The highest BCUT2D eigenvalue weighted by molar-refractivity contribution is 5.83. The summed E-state index contributed by atoms with van der Waals surface area (Å²) in [6.07, 6.45) is 6.45. The maximum Gasteiger partial charge on any atom is 0.316 e. The Bertz CT molecular complexity index is 837. The third kappa shape index (κ3) is 3.58. The number of anilines is 1. The number of nitrogens with zero attached hydrogens (tertiary/aromatic N) is 5. The molecule has 1 aliphatic carbocycles. The Balaban J connectivity index is 1.41. The van der Waals surface area contributed by atoms with E-state index in [1.54, 1.807) is 13.1 Å². The number of carbonyl (C=O) groups excluding carboxylic acids is 1. The number of nitrogens with one attached hydrogen (secondary N) is 1. The molecule has 9 nitrogen and oxygen atoms in total. The topological polar surface area (TPSA) is 106 Å². The number of likely N-dealkylation sites (tertiary alicyclic amines) is 1. The van der Waals surface area contributed by atoms with Crippen molar-refractivity contribution in [3.63, 3.8) is 0 Å². The summed E-state index contributed by atoms with van der Waals surface area (Å²) in [5.74, 6) is 1.25. The lowest BCUT2D eigenvalue weighted by molar-refractivity contribution is -0.133. The van der Waals surface area contributed by atoms with Crippen molar-refractivity contribution in [2.75, 3.05) is 25.5 Å². The van der Waals surface area contributed by atoms with E-state index < -0.39 is 6.04 Å². The average Bonchev–Trinajstić information content (AvgIpc) is 3.26. The van der Waals surface area contributed by atoms with Crippen molar-refractivity contribution in [1.29, 1.82) is 0 Å². The van der Waals surface area contributed by atoms with Crippen LogP contribution in [-0.2, 0) is 4.79 Å². The fourth-order valence-electron chi connectivity index (χ4n) is 3.54. The van der Waals surface area contributed by atoms with Crippen LogP contribution in [0.1, 0.15) is 38.4 Å². The smallest absolute Gasteiger partial charge is 0.316 e. The van der Waals surface area contributed by atoms with Crippen LogP contribution < -0.4 is 10.1 Å². The lowest BCUT2D eigenvalue weighted by Crippen LogP contribution is -2.45. The second kappa shape index (κ2) is 6.79. The van der Waals surface area contributed by atoms with Crippen LogP contribution in [-0.4, -0.2) is 57.2 Å². The number of hydrogen-bond acceptors (Lipinski definition) is 8. The van der Waals surface area contributed by atoms with E-state index in [4.69, 9.17) is 9.15 Å². The van der Waals surface area contributed by atoms with Gasteiger partial charge in [-0.25, -0.2) is 4.98 Å². The van der Waals surface area contributed by atoms with E-state index in [0.29, 0.717) is 22.7 Å². The van der Waals surface area contributed by atoms with Crippen LogP contribution in [0.5, 0.6) is 5.88 Å². The second-order valence-corrected chi connectivity index (χ2v) is 7.44. The zero-order valence-electron chi connectivity index (χ0n) is 15.9. The fraction of sp³-hybridized carbons (Fsp3) is 0.611. The lowest BCUT2D eigenvalue weighted by atomic mass is 9.93. The third-order valence-corrected chi connectivity index (χ3v) is 5.53. The van der Waals surface area contributed by atoms with Crippen LogP contribution in [0.15, 0.2) is 10.6 Å². The summed E-state index contributed by atoms with van der Waals surface area (Å²) in [5, 5.41) is 11.0. The van der Waals surface area contributed by atoms with Gasteiger partial charge in [-0.2, -0.15) is 4.98 Å². The third-order valence-electron chi connectivity index (χ3n) is 5.53. The van der Waals surface area contributed by atoms with Crippen molar-refractivity contribution in [3.8, 4) is 17.3 Å². The highest BCUT2D eigenvalue weighted by Crippen LogP contribution is 2.53. The molecule has 9 heteroatoms. The number of hydrogen-bond donors (Lipinski definition) is 1. The van der Waals surface area contributed by atoms with E-state index in [-0.39, 0.29) is 17.8 Å². The fourth-order valence-corrected chi connectivity index (χ4v) is 3.54. The zero-order chi connectivity index (χ0) is 19.0. The molecule has 144 valence electrons. The minimum Gasteiger partial charge on any atom is -0.480 e. The van der Waals surface area contributed by atoms with Crippen molar-refractivity contribution >= 4 is 11.9 Å². The number of ether oxygens (including phenoxy) is 1. The van der Waals surface area contributed by atoms with E-state index in [1.165, 1.54) is 20.0 Å². The van der Waals surface area contributed by atoms with E-state index >= 15 is 0 Å². The highest BCUT2D eigenvalue weighted by Gasteiger charge is 2.45. The molecule has 2 aromatic heterocycles. The van der Waals surface area contributed by atoms with Crippen LogP contribution in [0.25, 0.3) is 11.5 Å². The predicted octanol–water partition coefficient (Wildman–Crippen LogP) is 2.05. The molecule has 0 aromatic carbocycles. The van der Waals surface area contributed by atoms with Crippen molar-refractivity contribution < 1.29 is 13.9 Å². The molecule has 1 saturated heterocycles. The summed E-state index contributed by atoms with van der Waals surface area (Å²) in [6, 6.07) is -0.258. The van der Waals surface area contributed by atoms with Gasteiger partial charge in [-0.15, -0.1) is 5.10 Å². The number of carbonyl (C=O) groups is 1. The Kier molecular flexibility index (Phi) is 4.45. The Morgan fingerprint density at radius 3 is 2.70 bits per heavy atom. The number of piperidine rings is 1. The summed E-state index contributed by atoms with van der Waals surface area (Å²) in [7, 11) is 1.52. The lowest BCUT2D eigenvalue weighted by Gasteiger charge is -2.33. The first kappa shape index (κ1) is 17.7. The number of aromatic nitrogens is 4. The minimum absolute atomic E-state index is 0.0569. The van der Waals surface area contributed by atoms with Gasteiger partial charge in [0.25, 0.3) is 5.89 Å². The standard InChI is InChI=1S/C18H24N6O3/c1-11(16(25)24-8-6-18(4-5-18)7-9-24)20-17-23-22-15(27-17)13-10-19-12(2)21-14(13)26-3/h10-11H,4-9H2,1-3H3,(H,20,23)/t11-/m0/s1. The molecular formula is C18H24N6O3. The molecule has 3 heterocycles. The molecule has 1 spiro atoms. The molecule has 1 N–H and O–H groups in total. The van der Waals surface area contributed by atoms with E-state index in [0.717, 1.165) is 25.9 Å². The molecule has 27 heavy (non-hydrogen) atoms. The molecule has 0 radical (unpaired) electrons. The van der Waals surface area contributed by atoms with E-state index in [2.05, 4.69) is 25.5 Å². The second-order valence-electron chi connectivity index (χ2n) is 7.44. The minimum atomic E-state index is -0.442. The molecule has 1 saturated carbocycles. The first-order valence-electron chi connectivity index (χ1n) is 9.26. The number of aryl methyl sites for hydroxylation is 1. The Labute approximate surface area is 157 Å². The Morgan fingerprint density at radius 2 is 2.04 bits per heavy atom. The first-order valence-corrected chi connectivity index (χ1v) is 9.26. The number of methoxy groups -OCH3 is 1. The molecule has 2 aliphatic rings. The predicted molar refractivity (Wildman–Crippen MR) is 97.2 cm³/mol. The summed E-state index contributed by atoms with van der Waals surface area (Å²) < 4.78 is 10.9. The van der Waals surface area contributed by atoms with Crippen LogP contribution in [0.3, 0.4) is 0 Å². The van der Waals surface area contributed by atoms with E-state index in [9.17, 15) is 4.79 Å². The van der Waals surface area contributed by atoms with Crippen LogP contribution in [0, 0.1) is 12.3 Å². The first-order chi connectivity index (χ1) is 13.0. The van der Waals surface area contributed by atoms with Crippen molar-refractivity contribution in [1.82, 2.24) is 25.1 Å². The molecule has 1 amide bonds. The zero-order valence-corrected chi connectivity index (χ0v) is 15.9. The molecule has 0 unspecified atom stereocenters. The SMILES string of the molecule is COc1nc(C)ncc1-c1nnc(N[C@@H](C)C(=O)N2CCC3(CC2)CC3)o1. The van der Waals surface area contributed by atoms with Gasteiger partial charge in [0.15, 0.2) is 0 Å². The van der Waals surface area contributed by atoms with Gasteiger partial charge in [0.1, 0.15) is 17.4 Å². The summed E-state index contributed by atoms with van der Waals surface area (Å²) in [5.41, 5.74) is 1.05. The molecule has 1 atom stereocenters. The van der Waals surface area contributed by atoms with Gasteiger partial charge in [-0.3, -0.25) is 4.79 Å². The average molecular weight is 372 g/mol. The van der Waals surface area contributed by atoms with Gasteiger partial charge in [0, 0.05) is 19.3 Å². The Hall–Kier alpha value is -2.71. The van der Waals surface area contributed by atoms with Gasteiger partial charge in [0.2, 0.25) is 11.8 Å². The molecule has 4 rings (SSSR count). The summed E-state index contributed by atoms with van der Waals surface area (Å²) in [6.45, 7) is 5.24. The monoisotopic (exact) mass is 372 g/mol. The van der Waals surface area contributed by atoms with Gasteiger partial charge >= 0.3 is 6.01 Å². The maximum absolute atomic E-state index is 12.7. The maximum atomic E-state index is 12.7. The quantitative estimate of drug-likeness (QED) is 0.850. The van der Waals surface area contributed by atoms with Crippen LogP contribution in [0.2, 0.25) is 0 Å². The van der Waals surface area contributed by atoms with Gasteiger partial charge in [-0.05, 0) is 44.9 Å². The molecule has 0 bridgehead atoms. The molecule has 1 aliphatic heterocycles. The van der Waals surface area contributed by atoms with Crippen LogP contribution in [0.4, 0.5) is 6.01 Å². The largest absolute Gasteiger partial charge is 0.480 e. The van der Waals surface area contributed by atoms with Gasteiger partial charge in [0.05, 0.1) is 7.11 Å². The summed E-state index contributed by atoms with van der Waals surface area (Å²) >= 11 is 0. The highest BCUT2D eigenvalue weighted by atomic mass is 16.5. The van der Waals surface area contributed by atoms with Gasteiger partial charge < -0.3 is 19.4 Å². The van der Waals surface area contributed by atoms with Crippen molar-refractivity contribution in [2.24, 2.45) is 5.41 Å². The van der Waals surface area contributed by atoms with Gasteiger partial charge in [-0.1, -0.05) is 5.10 Å². The molecule has 2 aromatic rings. The van der Waals surface area contributed by atoms with Crippen LogP contribution >= 0.6 is 0 Å². The Morgan fingerprint density at radius 1 is 1.30 bits per heavy atom.